The van der Waals surface area contributed by atoms with E-state index in [4.69, 9.17) is 0 Å². The van der Waals surface area contributed by atoms with Crippen LogP contribution in [0.5, 0.6) is 0 Å². The fourth-order valence-corrected chi connectivity index (χ4v) is 8.20. The first-order chi connectivity index (χ1) is 25.2. The second kappa shape index (κ2) is 16.3. The number of carbonyl (C=O) groups excluding carboxylic acids is 3. The van der Waals surface area contributed by atoms with Crippen LogP contribution < -0.4 is 16.0 Å². The van der Waals surface area contributed by atoms with Gasteiger partial charge in [-0.05, 0) is 85.7 Å². The standard InChI is InChI=1S/C40H33N5O5S2/c1-25(37(46)44-40-33(24-41)32-20-19-28(22-36(32)52-40)26-11-4-2-5-12-26)51-31-17-10-16-30(23-31)42-39(48)34(43-38(47)27-13-6-3-7-14-27)21-29-15-8-9-18-35(29)45(49)50/h2-18,21,23,25,28H,19-20,22H2,1H3,(H,42,48)(H,43,47)(H,44,46)/b34-21+. The number of thioether (sulfide) groups is 1. The lowest BCUT2D eigenvalue weighted by molar-refractivity contribution is -0.385. The third-order valence-electron chi connectivity index (χ3n) is 8.62. The lowest BCUT2D eigenvalue weighted by atomic mass is 9.83. The highest BCUT2D eigenvalue weighted by molar-refractivity contribution is 8.00. The second-order valence-corrected chi connectivity index (χ2v) is 14.6. The summed E-state index contributed by atoms with van der Waals surface area (Å²) in [6.07, 6.45) is 3.81. The molecule has 52 heavy (non-hydrogen) atoms. The minimum atomic E-state index is -0.699. The molecule has 2 atom stereocenters. The summed E-state index contributed by atoms with van der Waals surface area (Å²) in [7, 11) is 0. The summed E-state index contributed by atoms with van der Waals surface area (Å²) in [5.41, 5.74) is 3.23. The summed E-state index contributed by atoms with van der Waals surface area (Å²) in [5, 5.41) is 30.1. The summed E-state index contributed by atoms with van der Waals surface area (Å²) in [6.45, 7) is 1.77. The number of rotatable bonds is 11. The Morgan fingerprint density at radius 1 is 0.962 bits per heavy atom. The quantitative estimate of drug-likeness (QED) is 0.0535. The van der Waals surface area contributed by atoms with Crippen molar-refractivity contribution >= 4 is 63.3 Å². The monoisotopic (exact) mass is 727 g/mol. The summed E-state index contributed by atoms with van der Waals surface area (Å²) in [5.74, 6) is -1.15. The summed E-state index contributed by atoms with van der Waals surface area (Å²) < 4.78 is 0. The van der Waals surface area contributed by atoms with Gasteiger partial charge in [-0.15, -0.1) is 23.1 Å². The lowest BCUT2D eigenvalue weighted by Gasteiger charge is -2.22. The summed E-state index contributed by atoms with van der Waals surface area (Å²) >= 11 is 2.75. The smallest absolute Gasteiger partial charge is 0.276 e. The van der Waals surface area contributed by atoms with Gasteiger partial charge in [-0.2, -0.15) is 5.26 Å². The molecule has 0 fully saturated rings. The minimum absolute atomic E-state index is 0.136. The van der Waals surface area contributed by atoms with Gasteiger partial charge in [0.2, 0.25) is 5.91 Å². The molecule has 5 aromatic rings. The molecule has 0 bridgehead atoms. The van der Waals surface area contributed by atoms with Crippen molar-refractivity contribution in [3.63, 3.8) is 0 Å². The maximum absolute atomic E-state index is 13.6. The zero-order valence-corrected chi connectivity index (χ0v) is 29.6. The van der Waals surface area contributed by atoms with E-state index >= 15 is 0 Å². The van der Waals surface area contributed by atoms with Crippen LogP contribution in [0.2, 0.25) is 0 Å². The van der Waals surface area contributed by atoms with E-state index in [1.54, 1.807) is 67.6 Å². The van der Waals surface area contributed by atoms with Crippen LogP contribution in [0.4, 0.5) is 16.4 Å². The number of nitriles is 1. The van der Waals surface area contributed by atoms with Gasteiger partial charge >= 0.3 is 0 Å². The van der Waals surface area contributed by atoms with Crippen LogP contribution in [0.1, 0.15) is 56.8 Å². The van der Waals surface area contributed by atoms with Crippen molar-refractivity contribution in [3.05, 3.63) is 158 Å². The van der Waals surface area contributed by atoms with E-state index in [0.29, 0.717) is 32.6 Å². The van der Waals surface area contributed by atoms with Crippen molar-refractivity contribution in [2.45, 2.75) is 42.2 Å². The van der Waals surface area contributed by atoms with Gasteiger partial charge in [-0.3, -0.25) is 24.5 Å². The van der Waals surface area contributed by atoms with E-state index in [1.165, 1.54) is 52.9 Å². The first-order valence-corrected chi connectivity index (χ1v) is 18.2. The molecule has 3 N–H and O–H groups in total. The number of para-hydroxylation sites is 1. The number of carbonyl (C=O) groups is 3. The molecule has 1 heterocycles. The number of amides is 3. The molecule has 12 heteroatoms. The number of fused-ring (bicyclic) bond motifs is 1. The number of hydrogen-bond acceptors (Lipinski definition) is 8. The van der Waals surface area contributed by atoms with Crippen LogP contribution in [0, 0.1) is 21.4 Å². The zero-order valence-electron chi connectivity index (χ0n) is 28.0. The largest absolute Gasteiger partial charge is 0.321 e. The molecule has 3 amide bonds. The number of nitro benzene ring substituents is 1. The van der Waals surface area contributed by atoms with E-state index in [1.807, 2.05) is 18.2 Å². The SMILES string of the molecule is CC(Sc1cccc(NC(=O)/C(=C\c2ccccc2[N+](=O)[O-])NC(=O)c2ccccc2)c1)C(=O)Nc1sc2c(c1C#N)CCC(c1ccccc1)C2. The van der Waals surface area contributed by atoms with E-state index in [0.717, 1.165) is 29.7 Å². The number of nitrogens with one attached hydrogen (secondary N) is 3. The third kappa shape index (κ3) is 8.46. The Morgan fingerprint density at radius 2 is 1.67 bits per heavy atom. The molecule has 6 rings (SSSR count). The van der Waals surface area contributed by atoms with Gasteiger partial charge in [0.15, 0.2) is 0 Å². The molecular formula is C40H33N5O5S2. The zero-order chi connectivity index (χ0) is 36.6. The molecule has 0 radical (unpaired) electrons. The molecule has 0 saturated carbocycles. The Balaban J connectivity index is 1.15. The first kappa shape index (κ1) is 35.8. The number of hydrogen-bond donors (Lipinski definition) is 3. The molecule has 0 spiro atoms. The Hall–Kier alpha value is -6.03. The van der Waals surface area contributed by atoms with Crippen LogP contribution in [0.25, 0.3) is 6.08 Å². The Bertz CT molecular complexity index is 2210. The predicted molar refractivity (Wildman–Crippen MR) is 204 cm³/mol. The van der Waals surface area contributed by atoms with Crippen molar-refractivity contribution < 1.29 is 19.3 Å². The average molecular weight is 728 g/mol. The number of nitro groups is 1. The average Bonchev–Trinajstić information content (AvgIpc) is 3.51. The number of nitrogens with zero attached hydrogens (tertiary/aromatic N) is 2. The molecule has 2 unspecified atom stereocenters. The molecule has 0 aliphatic heterocycles. The number of anilines is 2. The lowest BCUT2D eigenvalue weighted by Crippen LogP contribution is -2.30. The van der Waals surface area contributed by atoms with Gasteiger partial charge in [0, 0.05) is 27.1 Å². The molecule has 10 nitrogen and oxygen atoms in total. The van der Waals surface area contributed by atoms with Crippen molar-refractivity contribution in [2.75, 3.05) is 10.6 Å². The molecule has 0 saturated heterocycles. The summed E-state index contributed by atoms with van der Waals surface area (Å²) in [6, 6.07) is 33.7. The Kier molecular flexibility index (Phi) is 11.2. The maximum atomic E-state index is 13.6. The third-order valence-corrected chi connectivity index (χ3v) is 10.9. The molecule has 1 aromatic heterocycles. The number of benzene rings is 4. The highest BCUT2D eigenvalue weighted by Crippen LogP contribution is 2.42. The van der Waals surface area contributed by atoms with Crippen LogP contribution in [0.15, 0.2) is 120 Å². The van der Waals surface area contributed by atoms with Crippen molar-refractivity contribution in [2.24, 2.45) is 0 Å². The minimum Gasteiger partial charge on any atom is -0.321 e. The normalized spacial score (nSPS) is 14.3. The highest BCUT2D eigenvalue weighted by atomic mass is 32.2. The van der Waals surface area contributed by atoms with Gasteiger partial charge in [0.05, 0.1) is 21.3 Å². The van der Waals surface area contributed by atoms with Crippen molar-refractivity contribution in [3.8, 4) is 6.07 Å². The van der Waals surface area contributed by atoms with Crippen molar-refractivity contribution in [1.82, 2.24) is 5.32 Å². The van der Waals surface area contributed by atoms with E-state index in [9.17, 15) is 29.8 Å². The van der Waals surface area contributed by atoms with Gasteiger partial charge in [0.1, 0.15) is 16.8 Å². The maximum Gasteiger partial charge on any atom is 0.276 e. The van der Waals surface area contributed by atoms with Crippen LogP contribution >= 0.6 is 23.1 Å². The van der Waals surface area contributed by atoms with Gasteiger partial charge in [-0.1, -0.05) is 66.7 Å². The Labute approximate surface area is 308 Å². The molecule has 1 aliphatic rings. The predicted octanol–water partition coefficient (Wildman–Crippen LogP) is 8.33. The molecule has 1 aliphatic carbocycles. The number of thiophene rings is 1. The Morgan fingerprint density at radius 3 is 2.40 bits per heavy atom. The van der Waals surface area contributed by atoms with E-state index in [2.05, 4.69) is 34.2 Å². The van der Waals surface area contributed by atoms with Crippen LogP contribution in [0.3, 0.4) is 0 Å². The van der Waals surface area contributed by atoms with Gasteiger partial charge in [0.25, 0.3) is 17.5 Å². The van der Waals surface area contributed by atoms with Crippen LogP contribution in [-0.2, 0) is 22.4 Å². The fraction of sp³-hybridized carbons (Fsp3) is 0.150. The second-order valence-electron chi connectivity index (χ2n) is 12.1. The molecular weight excluding hydrogens is 695 g/mol. The van der Waals surface area contributed by atoms with Crippen LogP contribution in [-0.4, -0.2) is 27.9 Å². The summed E-state index contributed by atoms with van der Waals surface area (Å²) in [4.78, 5) is 53.0. The molecule has 4 aromatic carbocycles. The highest BCUT2D eigenvalue weighted by Gasteiger charge is 2.28. The fourth-order valence-electron chi connectivity index (χ4n) is 5.99. The van der Waals surface area contributed by atoms with E-state index < -0.39 is 22.0 Å². The van der Waals surface area contributed by atoms with Gasteiger partial charge in [-0.25, -0.2) is 0 Å². The first-order valence-electron chi connectivity index (χ1n) is 16.5. The van der Waals surface area contributed by atoms with Gasteiger partial charge < -0.3 is 16.0 Å². The molecule has 260 valence electrons. The topological polar surface area (TPSA) is 154 Å². The van der Waals surface area contributed by atoms with Crippen molar-refractivity contribution in [1.29, 1.82) is 5.26 Å². The van der Waals surface area contributed by atoms with E-state index in [-0.39, 0.29) is 22.9 Å².